The smallest absolute Gasteiger partial charge is 0.181 e. The van der Waals surface area contributed by atoms with Crippen LogP contribution in [-0.2, 0) is 6.54 Å². The summed E-state index contributed by atoms with van der Waals surface area (Å²) in [7, 11) is 0. The van der Waals surface area contributed by atoms with E-state index in [1.54, 1.807) is 17.0 Å². The summed E-state index contributed by atoms with van der Waals surface area (Å²) in [5.74, 6) is 0. The van der Waals surface area contributed by atoms with Crippen LogP contribution in [-0.4, -0.2) is 11.1 Å². The molecule has 0 radical (unpaired) electrons. The number of nitrogens with zero attached hydrogens (tertiary/aromatic N) is 4. The maximum absolute atomic E-state index is 10.7. The predicted octanol–water partition coefficient (Wildman–Crippen LogP) is 1.16. The molecule has 1 aromatic heterocycles. The Morgan fingerprint density at radius 1 is 1.50 bits per heavy atom. The lowest BCUT2D eigenvalue weighted by Gasteiger charge is -2.00. The molecule has 0 N–H and O–H groups in total. The van der Waals surface area contributed by atoms with E-state index in [4.69, 9.17) is 5.53 Å². The van der Waals surface area contributed by atoms with Gasteiger partial charge >= 0.3 is 0 Å². The molecule has 1 rings (SSSR count). The molecule has 0 spiro atoms. The zero-order valence-electron chi connectivity index (χ0n) is 6.42. The van der Waals surface area contributed by atoms with Gasteiger partial charge in [-0.2, -0.15) is 0 Å². The first-order valence-corrected chi connectivity index (χ1v) is 3.50. The quantitative estimate of drug-likeness (QED) is 0.375. The van der Waals surface area contributed by atoms with Crippen LogP contribution in [0.3, 0.4) is 0 Å². The highest BCUT2D eigenvalue weighted by Crippen LogP contribution is 1.84. The fraction of sp³-hybridized carbons (Fsp3) is 0.286. The molecule has 1 heterocycles. The second kappa shape index (κ2) is 4.20. The van der Waals surface area contributed by atoms with Crippen LogP contribution >= 0.6 is 0 Å². The molecule has 0 aliphatic rings. The normalized spacial score (nSPS) is 9.00. The number of hydrogen-bond acceptors (Lipinski definition) is 2. The maximum atomic E-state index is 10.7. The van der Waals surface area contributed by atoms with Gasteiger partial charge in [-0.3, -0.25) is 4.79 Å². The molecule has 0 saturated heterocycles. The van der Waals surface area contributed by atoms with E-state index in [1.165, 1.54) is 12.1 Å². The molecular weight excluding hydrogens is 156 g/mol. The van der Waals surface area contributed by atoms with Crippen LogP contribution < -0.4 is 5.43 Å². The average molecular weight is 164 g/mol. The first-order chi connectivity index (χ1) is 5.83. The molecular formula is C7H8N4O. The molecule has 0 unspecified atom stereocenters. The lowest BCUT2D eigenvalue weighted by molar-refractivity contribution is 0.700. The second-order valence-electron chi connectivity index (χ2n) is 2.23. The lowest BCUT2D eigenvalue weighted by atomic mass is 10.4. The zero-order chi connectivity index (χ0) is 8.81. The monoisotopic (exact) mass is 164 g/mol. The molecule has 5 heteroatoms. The summed E-state index contributed by atoms with van der Waals surface area (Å²) in [5, 5.41) is 3.37. The summed E-state index contributed by atoms with van der Waals surface area (Å²) in [6.45, 7) is 1.00. The van der Waals surface area contributed by atoms with E-state index in [9.17, 15) is 4.79 Å². The minimum Gasteiger partial charge on any atom is -0.354 e. The molecule has 1 aromatic rings. The molecule has 0 amide bonds. The number of aromatic nitrogens is 1. The Bertz CT molecular complexity index is 330. The lowest BCUT2D eigenvalue weighted by Crippen LogP contribution is -2.05. The summed E-state index contributed by atoms with van der Waals surface area (Å²) in [6, 6.07) is 2.94. The topological polar surface area (TPSA) is 70.8 Å². The zero-order valence-corrected chi connectivity index (χ0v) is 6.42. The van der Waals surface area contributed by atoms with Gasteiger partial charge in [-0.25, -0.2) is 0 Å². The van der Waals surface area contributed by atoms with Crippen LogP contribution in [0.5, 0.6) is 0 Å². The van der Waals surface area contributed by atoms with Crippen molar-refractivity contribution in [1.29, 1.82) is 0 Å². The highest BCUT2D eigenvalue weighted by Gasteiger charge is 1.86. The van der Waals surface area contributed by atoms with E-state index in [2.05, 4.69) is 10.0 Å². The number of rotatable bonds is 3. The standard InChI is InChI=1S/C7H8N4O/c8-10-9-3-6-11-4-1-7(12)2-5-11/h1-2,4-5H,3,6H2. The Morgan fingerprint density at radius 3 is 2.75 bits per heavy atom. The van der Waals surface area contributed by atoms with Gasteiger partial charge in [0.1, 0.15) is 0 Å². The molecule has 5 nitrogen and oxygen atoms in total. The van der Waals surface area contributed by atoms with Gasteiger partial charge in [-0.1, -0.05) is 5.11 Å². The van der Waals surface area contributed by atoms with Crippen molar-refractivity contribution in [3.8, 4) is 0 Å². The first kappa shape index (κ1) is 8.36. The van der Waals surface area contributed by atoms with Crippen molar-refractivity contribution >= 4 is 0 Å². The summed E-state index contributed by atoms with van der Waals surface area (Å²) >= 11 is 0. The molecule has 0 aliphatic heterocycles. The van der Waals surface area contributed by atoms with Crippen LogP contribution in [0.2, 0.25) is 0 Å². The molecule has 0 bridgehead atoms. The number of hydrogen-bond donors (Lipinski definition) is 0. The third kappa shape index (κ3) is 2.48. The minimum atomic E-state index is -0.0185. The fourth-order valence-corrected chi connectivity index (χ4v) is 0.798. The van der Waals surface area contributed by atoms with Gasteiger partial charge < -0.3 is 4.57 Å². The van der Waals surface area contributed by atoms with Crippen molar-refractivity contribution in [2.45, 2.75) is 6.54 Å². The van der Waals surface area contributed by atoms with Crippen molar-refractivity contribution in [3.63, 3.8) is 0 Å². The second-order valence-corrected chi connectivity index (χ2v) is 2.23. The SMILES string of the molecule is [N-]=[N+]=NCCn1ccc(=O)cc1. The summed E-state index contributed by atoms with van der Waals surface area (Å²) in [5.41, 5.74) is 7.97. The highest BCUT2D eigenvalue weighted by molar-refractivity contribution is 4.93. The molecule has 0 fully saturated rings. The third-order valence-corrected chi connectivity index (χ3v) is 1.38. The first-order valence-electron chi connectivity index (χ1n) is 3.50. The minimum absolute atomic E-state index is 0.0185. The van der Waals surface area contributed by atoms with E-state index < -0.39 is 0 Å². The van der Waals surface area contributed by atoms with E-state index in [-0.39, 0.29) is 5.43 Å². The van der Waals surface area contributed by atoms with Crippen molar-refractivity contribution in [1.82, 2.24) is 4.57 Å². The van der Waals surface area contributed by atoms with Gasteiger partial charge in [-0.15, -0.1) is 0 Å². The van der Waals surface area contributed by atoms with Crippen molar-refractivity contribution < 1.29 is 0 Å². The van der Waals surface area contributed by atoms with Gasteiger partial charge in [-0.05, 0) is 5.53 Å². The van der Waals surface area contributed by atoms with Crippen molar-refractivity contribution in [3.05, 3.63) is 45.2 Å². The molecule has 0 saturated carbocycles. The maximum Gasteiger partial charge on any atom is 0.181 e. The third-order valence-electron chi connectivity index (χ3n) is 1.38. The van der Waals surface area contributed by atoms with Gasteiger partial charge in [0.05, 0.1) is 0 Å². The largest absolute Gasteiger partial charge is 0.354 e. The van der Waals surface area contributed by atoms with Gasteiger partial charge in [0.2, 0.25) is 0 Å². The molecule has 12 heavy (non-hydrogen) atoms. The fourth-order valence-electron chi connectivity index (χ4n) is 0.798. The van der Waals surface area contributed by atoms with E-state index in [1.807, 2.05) is 0 Å². The Balaban J connectivity index is 2.58. The molecule has 0 atom stereocenters. The Kier molecular flexibility index (Phi) is 2.93. The number of pyridine rings is 1. The summed E-state index contributed by atoms with van der Waals surface area (Å²) < 4.78 is 1.79. The highest BCUT2D eigenvalue weighted by atomic mass is 16.1. The summed E-state index contributed by atoms with van der Waals surface area (Å²) in [6.07, 6.45) is 3.32. The molecule has 0 aliphatic carbocycles. The van der Waals surface area contributed by atoms with Crippen LogP contribution in [0.1, 0.15) is 0 Å². The van der Waals surface area contributed by atoms with Gasteiger partial charge in [0.15, 0.2) is 5.43 Å². The Morgan fingerprint density at radius 2 is 2.17 bits per heavy atom. The van der Waals surface area contributed by atoms with E-state index in [0.29, 0.717) is 13.1 Å². The van der Waals surface area contributed by atoms with E-state index >= 15 is 0 Å². The van der Waals surface area contributed by atoms with Crippen molar-refractivity contribution in [2.24, 2.45) is 5.11 Å². The summed E-state index contributed by atoms with van der Waals surface area (Å²) in [4.78, 5) is 13.3. The van der Waals surface area contributed by atoms with Gasteiger partial charge in [0.25, 0.3) is 0 Å². The number of azide groups is 1. The van der Waals surface area contributed by atoms with Crippen molar-refractivity contribution in [2.75, 3.05) is 6.54 Å². The Labute approximate surface area is 68.9 Å². The van der Waals surface area contributed by atoms with Crippen LogP contribution in [0.15, 0.2) is 34.4 Å². The van der Waals surface area contributed by atoms with Crippen LogP contribution in [0.25, 0.3) is 10.4 Å². The molecule has 0 aromatic carbocycles. The molecule has 62 valence electrons. The van der Waals surface area contributed by atoms with Crippen LogP contribution in [0.4, 0.5) is 0 Å². The van der Waals surface area contributed by atoms with Crippen LogP contribution in [0, 0.1) is 0 Å². The predicted molar refractivity (Wildman–Crippen MR) is 44.7 cm³/mol. The Hall–Kier alpha value is -1.74. The van der Waals surface area contributed by atoms with Gasteiger partial charge in [0, 0.05) is 42.5 Å². The van der Waals surface area contributed by atoms with E-state index in [0.717, 1.165) is 0 Å². The average Bonchev–Trinajstić information content (AvgIpc) is 2.09.